The molecule has 0 aromatic heterocycles. The van der Waals surface area contributed by atoms with Gasteiger partial charge in [0.1, 0.15) is 0 Å². The van der Waals surface area contributed by atoms with Crippen molar-refractivity contribution in [2.75, 3.05) is 13.7 Å². The second-order valence-electron chi connectivity index (χ2n) is 7.71. The number of hydrogen-bond acceptors (Lipinski definition) is 2. The first-order valence-electron chi connectivity index (χ1n) is 9.43. The summed E-state index contributed by atoms with van der Waals surface area (Å²) in [5.74, 6) is 3.36. The van der Waals surface area contributed by atoms with Gasteiger partial charge in [0, 0.05) is 13.2 Å². The van der Waals surface area contributed by atoms with Crippen LogP contribution in [0.3, 0.4) is 0 Å². The molecule has 0 amide bonds. The molecule has 2 saturated carbocycles. The van der Waals surface area contributed by atoms with Crippen molar-refractivity contribution in [3.8, 4) is 0 Å². The molecule has 0 heterocycles. The summed E-state index contributed by atoms with van der Waals surface area (Å²) in [7, 11) is 1.94. The van der Waals surface area contributed by atoms with Crippen LogP contribution in [0.15, 0.2) is 0 Å². The average molecular weight is 296 g/mol. The maximum Gasteiger partial charge on any atom is 0.0755 e. The molecule has 5 atom stereocenters. The number of likely N-dealkylation sites (N-methyl/N-ethyl adjacent to an activating group) is 1. The molecule has 21 heavy (non-hydrogen) atoms. The van der Waals surface area contributed by atoms with Crippen LogP contribution in [-0.2, 0) is 4.74 Å². The molecule has 2 fully saturated rings. The predicted molar refractivity (Wildman–Crippen MR) is 90.5 cm³/mol. The summed E-state index contributed by atoms with van der Waals surface area (Å²) in [4.78, 5) is 0. The summed E-state index contributed by atoms with van der Waals surface area (Å²) in [5, 5.41) is 3.81. The van der Waals surface area contributed by atoms with Gasteiger partial charge in [0.2, 0.25) is 0 Å². The van der Waals surface area contributed by atoms with Crippen LogP contribution in [0, 0.1) is 23.7 Å². The smallest absolute Gasteiger partial charge is 0.0755 e. The van der Waals surface area contributed by atoms with Crippen LogP contribution in [0.2, 0.25) is 0 Å². The van der Waals surface area contributed by atoms with E-state index in [0.717, 1.165) is 30.2 Å². The highest BCUT2D eigenvalue weighted by atomic mass is 16.5. The molecule has 5 unspecified atom stereocenters. The van der Waals surface area contributed by atoms with Gasteiger partial charge >= 0.3 is 0 Å². The molecule has 2 rings (SSSR count). The Balaban J connectivity index is 2.04. The van der Waals surface area contributed by atoms with Crippen molar-refractivity contribution in [2.24, 2.45) is 23.7 Å². The maximum atomic E-state index is 6.06. The first-order valence-corrected chi connectivity index (χ1v) is 9.43. The minimum absolute atomic E-state index is 0.427. The van der Waals surface area contributed by atoms with Gasteiger partial charge in [-0.2, -0.15) is 0 Å². The lowest BCUT2D eigenvalue weighted by molar-refractivity contribution is -0.0184. The van der Waals surface area contributed by atoms with Crippen molar-refractivity contribution in [3.05, 3.63) is 0 Å². The van der Waals surface area contributed by atoms with E-state index in [1.165, 1.54) is 51.4 Å². The molecule has 2 heteroatoms. The fourth-order valence-electron chi connectivity index (χ4n) is 4.80. The Morgan fingerprint density at radius 3 is 2.24 bits per heavy atom. The van der Waals surface area contributed by atoms with E-state index < -0.39 is 0 Å². The molecule has 2 aliphatic rings. The SMILES string of the molecule is CCNC(C1CCC(C)C(C)C1)C(OC)C1CCCCC1. The second kappa shape index (κ2) is 8.53. The van der Waals surface area contributed by atoms with Crippen molar-refractivity contribution in [1.29, 1.82) is 0 Å². The van der Waals surface area contributed by atoms with Crippen molar-refractivity contribution in [1.82, 2.24) is 5.32 Å². The standard InChI is InChI=1S/C19H37NO/c1-5-20-18(17-12-11-14(2)15(3)13-17)19(21-4)16-9-7-6-8-10-16/h14-20H,5-13H2,1-4H3. The summed E-state index contributed by atoms with van der Waals surface area (Å²) >= 11 is 0. The maximum absolute atomic E-state index is 6.06. The van der Waals surface area contributed by atoms with E-state index in [1.54, 1.807) is 0 Å². The van der Waals surface area contributed by atoms with Crippen molar-refractivity contribution in [2.45, 2.75) is 84.3 Å². The van der Waals surface area contributed by atoms with E-state index in [1.807, 2.05) is 7.11 Å². The third-order valence-corrected chi connectivity index (χ3v) is 6.33. The number of rotatable bonds is 6. The molecule has 0 saturated heterocycles. The molecule has 0 aromatic rings. The van der Waals surface area contributed by atoms with Crippen LogP contribution in [0.4, 0.5) is 0 Å². The Hall–Kier alpha value is -0.0800. The van der Waals surface area contributed by atoms with Crippen LogP contribution < -0.4 is 5.32 Å². The van der Waals surface area contributed by atoms with Crippen LogP contribution in [0.5, 0.6) is 0 Å². The fraction of sp³-hybridized carbons (Fsp3) is 1.00. The van der Waals surface area contributed by atoms with Gasteiger partial charge < -0.3 is 10.1 Å². The Morgan fingerprint density at radius 2 is 1.67 bits per heavy atom. The zero-order valence-corrected chi connectivity index (χ0v) is 14.7. The van der Waals surface area contributed by atoms with Crippen molar-refractivity contribution < 1.29 is 4.74 Å². The van der Waals surface area contributed by atoms with Gasteiger partial charge in [-0.3, -0.25) is 0 Å². The zero-order valence-electron chi connectivity index (χ0n) is 14.7. The predicted octanol–water partition coefficient (Wildman–Crippen LogP) is 4.63. The molecule has 1 N–H and O–H groups in total. The van der Waals surface area contributed by atoms with Crippen molar-refractivity contribution >= 4 is 0 Å². The van der Waals surface area contributed by atoms with Crippen LogP contribution in [0.25, 0.3) is 0 Å². The monoisotopic (exact) mass is 295 g/mol. The van der Waals surface area contributed by atoms with Crippen LogP contribution in [0.1, 0.15) is 72.1 Å². The third kappa shape index (κ3) is 4.45. The van der Waals surface area contributed by atoms with Gasteiger partial charge in [-0.15, -0.1) is 0 Å². The van der Waals surface area contributed by atoms with Gasteiger partial charge in [-0.1, -0.05) is 46.5 Å². The molecule has 0 bridgehead atoms. The Bertz CT molecular complexity index is 287. The molecule has 0 aromatic carbocycles. The summed E-state index contributed by atoms with van der Waals surface area (Å²) in [6.07, 6.45) is 11.6. The van der Waals surface area contributed by atoms with E-state index >= 15 is 0 Å². The molecule has 2 aliphatic carbocycles. The van der Waals surface area contributed by atoms with E-state index in [0.29, 0.717) is 12.1 Å². The van der Waals surface area contributed by atoms with Crippen LogP contribution >= 0.6 is 0 Å². The average Bonchev–Trinajstić information content (AvgIpc) is 2.51. The van der Waals surface area contributed by atoms with Crippen LogP contribution in [-0.4, -0.2) is 25.8 Å². The molecule has 2 nitrogen and oxygen atoms in total. The largest absolute Gasteiger partial charge is 0.380 e. The van der Waals surface area contributed by atoms with Gasteiger partial charge in [-0.25, -0.2) is 0 Å². The second-order valence-corrected chi connectivity index (χ2v) is 7.71. The summed E-state index contributed by atoms with van der Waals surface area (Å²) in [5.41, 5.74) is 0. The Kier molecular flexibility index (Phi) is 7.01. The molecule has 124 valence electrons. The topological polar surface area (TPSA) is 21.3 Å². The van der Waals surface area contributed by atoms with Gasteiger partial charge in [0.15, 0.2) is 0 Å². The lowest BCUT2D eigenvalue weighted by atomic mass is 9.70. The Morgan fingerprint density at radius 1 is 0.952 bits per heavy atom. The quantitative estimate of drug-likeness (QED) is 0.771. The van der Waals surface area contributed by atoms with Crippen molar-refractivity contribution in [3.63, 3.8) is 0 Å². The highest BCUT2D eigenvalue weighted by Crippen LogP contribution is 2.39. The fourth-order valence-corrected chi connectivity index (χ4v) is 4.80. The molecule has 0 spiro atoms. The third-order valence-electron chi connectivity index (χ3n) is 6.33. The number of ether oxygens (including phenoxy) is 1. The first-order chi connectivity index (χ1) is 10.2. The molecule has 0 radical (unpaired) electrons. The van der Waals surface area contributed by atoms with E-state index in [2.05, 4.69) is 26.1 Å². The zero-order chi connectivity index (χ0) is 15.2. The molecular weight excluding hydrogens is 258 g/mol. The van der Waals surface area contributed by atoms with E-state index in [9.17, 15) is 0 Å². The minimum Gasteiger partial charge on any atom is -0.380 e. The molecular formula is C19H37NO. The first kappa shape index (κ1) is 17.3. The lowest BCUT2D eigenvalue weighted by Crippen LogP contribution is -2.51. The summed E-state index contributed by atoms with van der Waals surface area (Å²) in [6.45, 7) is 8.19. The Labute approximate surface area is 132 Å². The number of nitrogens with one attached hydrogen (secondary N) is 1. The minimum atomic E-state index is 0.427. The highest BCUT2D eigenvalue weighted by Gasteiger charge is 2.37. The normalized spacial score (nSPS) is 34.6. The highest BCUT2D eigenvalue weighted by molar-refractivity contribution is 4.92. The van der Waals surface area contributed by atoms with E-state index in [4.69, 9.17) is 4.74 Å². The summed E-state index contributed by atoms with van der Waals surface area (Å²) < 4.78 is 6.06. The van der Waals surface area contributed by atoms with E-state index in [-0.39, 0.29) is 0 Å². The number of hydrogen-bond donors (Lipinski definition) is 1. The molecule has 0 aliphatic heterocycles. The lowest BCUT2D eigenvalue weighted by Gasteiger charge is -2.43. The summed E-state index contributed by atoms with van der Waals surface area (Å²) in [6, 6.07) is 0.568. The van der Waals surface area contributed by atoms with Gasteiger partial charge in [-0.05, 0) is 55.9 Å². The van der Waals surface area contributed by atoms with Gasteiger partial charge in [0.25, 0.3) is 0 Å². The van der Waals surface area contributed by atoms with Gasteiger partial charge in [0.05, 0.1) is 6.10 Å². The number of methoxy groups -OCH3 is 1.